The Morgan fingerprint density at radius 3 is 2.54 bits per heavy atom. The molecule has 1 aromatic rings. The maximum atomic E-state index is 11.4. The van der Waals surface area contributed by atoms with Crippen LogP contribution >= 0.6 is 23.2 Å². The molecular weight excluding hydrogens is 207 g/mol. The molecule has 0 radical (unpaired) electrons. The zero-order valence-electron chi connectivity index (χ0n) is 7.53. The normalized spacial score (nSPS) is 10.2. The SMILES string of the molecule is Cc1ccc(Cl)c(C)c1C(=O)CCl. The molecule has 0 atom stereocenters. The quantitative estimate of drug-likeness (QED) is 0.548. The van der Waals surface area contributed by atoms with Crippen LogP contribution in [0.3, 0.4) is 0 Å². The smallest absolute Gasteiger partial charge is 0.178 e. The first kappa shape index (κ1) is 10.6. The van der Waals surface area contributed by atoms with Crippen molar-refractivity contribution in [2.75, 3.05) is 5.88 Å². The molecule has 0 fully saturated rings. The molecule has 13 heavy (non-hydrogen) atoms. The lowest BCUT2D eigenvalue weighted by atomic mass is 10.00. The first-order chi connectivity index (χ1) is 6.07. The van der Waals surface area contributed by atoms with Crippen LogP contribution < -0.4 is 0 Å². The summed E-state index contributed by atoms with van der Waals surface area (Å²) in [5, 5.41) is 0.610. The molecule has 0 bridgehead atoms. The van der Waals surface area contributed by atoms with E-state index in [9.17, 15) is 4.79 Å². The van der Waals surface area contributed by atoms with Crippen LogP contribution in [0.25, 0.3) is 0 Å². The maximum Gasteiger partial charge on any atom is 0.178 e. The van der Waals surface area contributed by atoms with Gasteiger partial charge >= 0.3 is 0 Å². The van der Waals surface area contributed by atoms with Crippen molar-refractivity contribution in [2.45, 2.75) is 13.8 Å². The van der Waals surface area contributed by atoms with Gasteiger partial charge in [0.05, 0.1) is 5.88 Å². The molecule has 0 unspecified atom stereocenters. The van der Waals surface area contributed by atoms with Crippen molar-refractivity contribution in [1.82, 2.24) is 0 Å². The van der Waals surface area contributed by atoms with E-state index in [1.165, 1.54) is 0 Å². The number of ketones is 1. The van der Waals surface area contributed by atoms with E-state index in [1.54, 1.807) is 6.07 Å². The van der Waals surface area contributed by atoms with E-state index in [4.69, 9.17) is 23.2 Å². The number of carbonyl (C=O) groups excluding carboxylic acids is 1. The van der Waals surface area contributed by atoms with Crippen LogP contribution in [0, 0.1) is 13.8 Å². The molecule has 0 heterocycles. The second-order valence-electron chi connectivity index (χ2n) is 2.92. The predicted molar refractivity (Wildman–Crippen MR) is 56.0 cm³/mol. The standard InChI is InChI=1S/C10H10Cl2O/c1-6-3-4-8(12)7(2)10(6)9(13)5-11/h3-4H,5H2,1-2H3. The number of alkyl halides is 1. The molecule has 70 valence electrons. The number of hydrogen-bond acceptors (Lipinski definition) is 1. The van der Waals surface area contributed by atoms with Crippen molar-refractivity contribution < 1.29 is 4.79 Å². The number of aryl methyl sites for hydroxylation is 1. The molecule has 0 aromatic heterocycles. The molecule has 1 rings (SSSR count). The maximum absolute atomic E-state index is 11.4. The summed E-state index contributed by atoms with van der Waals surface area (Å²) in [6, 6.07) is 3.62. The predicted octanol–water partition coefficient (Wildman–Crippen LogP) is 3.38. The van der Waals surface area contributed by atoms with Gasteiger partial charge in [0.25, 0.3) is 0 Å². The molecule has 0 N–H and O–H groups in total. The number of carbonyl (C=O) groups is 1. The van der Waals surface area contributed by atoms with Gasteiger partial charge in [-0.2, -0.15) is 0 Å². The molecule has 0 aliphatic heterocycles. The number of benzene rings is 1. The van der Waals surface area contributed by atoms with Crippen molar-refractivity contribution >= 4 is 29.0 Å². The van der Waals surface area contributed by atoms with E-state index in [0.29, 0.717) is 10.6 Å². The summed E-state index contributed by atoms with van der Waals surface area (Å²) < 4.78 is 0. The van der Waals surface area contributed by atoms with Crippen molar-refractivity contribution in [3.63, 3.8) is 0 Å². The van der Waals surface area contributed by atoms with Gasteiger partial charge in [-0.25, -0.2) is 0 Å². The summed E-state index contributed by atoms with van der Waals surface area (Å²) in [6.45, 7) is 3.71. The fourth-order valence-corrected chi connectivity index (χ4v) is 1.61. The summed E-state index contributed by atoms with van der Waals surface area (Å²) in [5.74, 6) is -0.0682. The van der Waals surface area contributed by atoms with Gasteiger partial charge in [-0.05, 0) is 31.0 Å². The number of rotatable bonds is 2. The first-order valence-electron chi connectivity index (χ1n) is 3.92. The van der Waals surface area contributed by atoms with E-state index in [-0.39, 0.29) is 11.7 Å². The lowest BCUT2D eigenvalue weighted by molar-refractivity contribution is 0.102. The highest BCUT2D eigenvalue weighted by molar-refractivity contribution is 6.33. The molecular formula is C10H10Cl2O. The third-order valence-corrected chi connectivity index (χ3v) is 2.66. The first-order valence-corrected chi connectivity index (χ1v) is 4.84. The number of hydrogen-bond donors (Lipinski definition) is 0. The zero-order valence-corrected chi connectivity index (χ0v) is 9.04. The lowest BCUT2D eigenvalue weighted by Crippen LogP contribution is -2.06. The van der Waals surface area contributed by atoms with E-state index in [1.807, 2.05) is 19.9 Å². The van der Waals surface area contributed by atoms with Gasteiger partial charge in [0.1, 0.15) is 0 Å². The van der Waals surface area contributed by atoms with Crippen LogP contribution in [0.5, 0.6) is 0 Å². The summed E-state index contributed by atoms with van der Waals surface area (Å²) in [6.07, 6.45) is 0. The lowest BCUT2D eigenvalue weighted by Gasteiger charge is -2.08. The van der Waals surface area contributed by atoms with Crippen molar-refractivity contribution in [3.05, 3.63) is 33.8 Å². The largest absolute Gasteiger partial charge is 0.293 e. The van der Waals surface area contributed by atoms with Gasteiger partial charge in [-0.1, -0.05) is 17.7 Å². The molecule has 0 spiro atoms. The zero-order chi connectivity index (χ0) is 10.0. The van der Waals surface area contributed by atoms with Crippen molar-refractivity contribution in [1.29, 1.82) is 0 Å². The molecule has 3 heteroatoms. The van der Waals surface area contributed by atoms with Gasteiger partial charge in [0.2, 0.25) is 0 Å². The average molecular weight is 217 g/mol. The van der Waals surface area contributed by atoms with Crippen molar-refractivity contribution in [2.24, 2.45) is 0 Å². The van der Waals surface area contributed by atoms with E-state index >= 15 is 0 Å². The van der Waals surface area contributed by atoms with E-state index < -0.39 is 0 Å². The van der Waals surface area contributed by atoms with Crippen LogP contribution in [0.4, 0.5) is 0 Å². The monoisotopic (exact) mass is 216 g/mol. The summed E-state index contributed by atoms with van der Waals surface area (Å²) in [7, 11) is 0. The third kappa shape index (κ3) is 2.04. The number of halogens is 2. The van der Waals surface area contributed by atoms with E-state index in [0.717, 1.165) is 11.1 Å². The highest BCUT2D eigenvalue weighted by Crippen LogP contribution is 2.22. The summed E-state index contributed by atoms with van der Waals surface area (Å²) in [5.41, 5.74) is 2.39. The van der Waals surface area contributed by atoms with Crippen LogP contribution in [0.2, 0.25) is 5.02 Å². The third-order valence-electron chi connectivity index (χ3n) is 2.01. The van der Waals surface area contributed by atoms with Crippen LogP contribution in [0.1, 0.15) is 21.5 Å². The van der Waals surface area contributed by atoms with Gasteiger partial charge in [0.15, 0.2) is 5.78 Å². The second-order valence-corrected chi connectivity index (χ2v) is 3.60. The minimum Gasteiger partial charge on any atom is -0.293 e. The Balaban J connectivity index is 3.33. The van der Waals surface area contributed by atoms with Gasteiger partial charge in [0, 0.05) is 10.6 Å². The van der Waals surface area contributed by atoms with Gasteiger partial charge < -0.3 is 0 Å². The Kier molecular flexibility index (Phi) is 3.34. The van der Waals surface area contributed by atoms with Gasteiger partial charge in [-0.15, -0.1) is 11.6 Å². The Bertz CT molecular complexity index is 345. The summed E-state index contributed by atoms with van der Waals surface area (Å²) in [4.78, 5) is 11.4. The Hall–Kier alpha value is -0.530. The molecule has 1 nitrogen and oxygen atoms in total. The molecule has 0 saturated heterocycles. The van der Waals surface area contributed by atoms with Crippen LogP contribution in [-0.2, 0) is 0 Å². The minimum atomic E-state index is -0.0702. The Morgan fingerprint density at radius 1 is 1.38 bits per heavy atom. The molecule has 1 aromatic carbocycles. The molecule has 0 aliphatic rings. The van der Waals surface area contributed by atoms with Gasteiger partial charge in [-0.3, -0.25) is 4.79 Å². The van der Waals surface area contributed by atoms with Crippen LogP contribution in [0.15, 0.2) is 12.1 Å². The fraction of sp³-hybridized carbons (Fsp3) is 0.300. The Morgan fingerprint density at radius 2 is 2.00 bits per heavy atom. The summed E-state index contributed by atoms with van der Waals surface area (Å²) >= 11 is 11.4. The van der Waals surface area contributed by atoms with Crippen molar-refractivity contribution in [3.8, 4) is 0 Å². The highest BCUT2D eigenvalue weighted by atomic mass is 35.5. The van der Waals surface area contributed by atoms with Crippen LogP contribution in [-0.4, -0.2) is 11.7 Å². The Labute approximate surface area is 87.7 Å². The topological polar surface area (TPSA) is 17.1 Å². The minimum absolute atomic E-state index is 0.00201. The molecule has 0 saturated carbocycles. The fourth-order valence-electron chi connectivity index (χ4n) is 1.32. The molecule has 0 aliphatic carbocycles. The average Bonchev–Trinajstić information content (AvgIpc) is 2.12. The number of Topliss-reactive ketones (excluding diaryl/α,β-unsaturated/α-hetero) is 1. The second kappa shape index (κ2) is 4.12. The highest BCUT2D eigenvalue weighted by Gasteiger charge is 2.12. The molecule has 0 amide bonds. The van der Waals surface area contributed by atoms with E-state index in [2.05, 4.69) is 0 Å².